The average molecular weight is 1520 g/mol. The average Bonchev–Trinajstić information content (AvgIpc) is 1.58. The van der Waals surface area contributed by atoms with Crippen LogP contribution >= 0.6 is 37.2 Å². The number of amides is 2. The molecule has 10 aromatic rings. The molecule has 4 atom stereocenters. The number of halogens is 2. The van der Waals surface area contributed by atoms with E-state index in [2.05, 4.69) is 156 Å². The fraction of sp³-hybridized carbons (Fsp3) is 0.348. The van der Waals surface area contributed by atoms with Crippen LogP contribution in [0.5, 0.6) is 0 Å². The lowest BCUT2D eigenvalue weighted by Crippen LogP contribution is -2.48. The van der Waals surface area contributed by atoms with E-state index in [1.807, 2.05) is 115 Å². The third-order valence-corrected chi connectivity index (χ3v) is 15.6. The third kappa shape index (κ3) is 21.6. The van der Waals surface area contributed by atoms with Gasteiger partial charge in [-0.1, -0.05) is 74.9 Å². The molecule has 10 heterocycles. The van der Waals surface area contributed by atoms with Gasteiger partial charge >= 0.3 is 5.97 Å². The number of aromatic nitrogens is 13. The molecule has 504 valence electrons. The number of rotatable bonds is 13. The van der Waals surface area contributed by atoms with Crippen molar-refractivity contribution in [1.82, 2.24) is 74.5 Å². The number of nitrogens with one attached hydrogen (secondary N) is 2. The number of nitrogens with zero attached hydrogens (tertiary/aromatic N) is 13. The van der Waals surface area contributed by atoms with E-state index < -0.39 is 12.1 Å². The Hall–Kier alpha value is -8.39. The summed E-state index contributed by atoms with van der Waals surface area (Å²) in [6, 6.07) is 31.0. The number of hydrogen-bond acceptors (Lipinski definition) is 16. The van der Waals surface area contributed by atoms with E-state index in [0.717, 1.165) is 81.8 Å². The predicted octanol–water partition coefficient (Wildman–Crippen LogP) is 9.93. The Morgan fingerprint density at radius 2 is 1.01 bits per heavy atom. The summed E-state index contributed by atoms with van der Waals surface area (Å²) in [5.41, 5.74) is 17.8. The van der Waals surface area contributed by atoms with Gasteiger partial charge in [-0.05, 0) is 160 Å². The van der Waals surface area contributed by atoms with E-state index in [-0.39, 0.29) is 36.3 Å². The number of carboxylic acids is 1. The molecule has 0 bridgehead atoms. The summed E-state index contributed by atoms with van der Waals surface area (Å²) in [6.07, 6.45) is 17.1. The number of carbonyl (C=O) groups excluding carboxylic acids is 2. The van der Waals surface area contributed by atoms with Gasteiger partial charge in [0.15, 0.2) is 23.1 Å². The summed E-state index contributed by atoms with van der Waals surface area (Å²) in [5.74, 6) is 0.797. The molecule has 0 unspecified atom stereocenters. The lowest BCUT2D eigenvalue weighted by molar-refractivity contribution is -0.0380. The van der Waals surface area contributed by atoms with E-state index in [1.165, 1.54) is 18.2 Å². The van der Waals surface area contributed by atoms with Crippen LogP contribution in [0.15, 0.2) is 147 Å². The van der Waals surface area contributed by atoms with Crippen LogP contribution in [0.1, 0.15) is 110 Å². The molecule has 2 aliphatic rings. The standard InChI is InChI=1S/C26H28N6O3.C13H16N4O.C12H13N3O2.C11H12N2.C6H12O2.CH5N.I2/c1-17-20(14-18-4-6-19(7-5-18)21-8-12-31(2)30-21)15-23(28-25(17)32-11-3-10-27-32)26(34)29-22-9-13-35-16-24(22)33;1-4-10-8-11(13(18)14-3)16-12(9(10)2)17-7-5-6-15-17;1-3-9-7-10(12(16)17)14-11(8(9)2)15-6-4-5-13-15;1-9-3-5-10(6-4-9)11-7-8-13(2)12-11;1-5-2-3-8-4-6(5)7;2*1-2/h3-8,10-12,15,22,24,33H,9,13-14,16H2,1-2H3,(H,29,34);5-8H,4H2,1-3H3,(H,14,18);4-7H,3H2,1-2H3,(H,16,17);3-8H,1-2H3;5-7H,2-4H2,1H3;2H2,1H3;/t22-,24-;;;;5-,6-;;/m0...0../s1. The molecular weight excluding hydrogens is 1430 g/mol. The first-order valence-corrected chi connectivity index (χ1v) is 37.3. The lowest BCUT2D eigenvalue weighted by atomic mass is 9.98. The van der Waals surface area contributed by atoms with Gasteiger partial charge in [0.2, 0.25) is 0 Å². The first-order chi connectivity index (χ1) is 45.8. The number of aryl methyl sites for hydroxylation is 5. The summed E-state index contributed by atoms with van der Waals surface area (Å²) in [4.78, 5) is 49.0. The summed E-state index contributed by atoms with van der Waals surface area (Å²) in [7, 11) is 6.93. The highest BCUT2D eigenvalue weighted by Crippen LogP contribution is 2.25. The molecule has 2 fully saturated rings. The summed E-state index contributed by atoms with van der Waals surface area (Å²) < 4.78 is 18.8. The molecule has 7 N–H and O–H groups in total. The highest BCUT2D eigenvalue weighted by molar-refractivity contribution is 15.0. The molecule has 24 nitrogen and oxygen atoms in total. The molecule has 12 rings (SSSR count). The Morgan fingerprint density at radius 1 is 0.589 bits per heavy atom. The maximum atomic E-state index is 13.1. The second kappa shape index (κ2) is 38.2. The number of aliphatic hydroxyl groups excluding tert-OH is 2. The van der Waals surface area contributed by atoms with Gasteiger partial charge in [-0.3, -0.25) is 19.0 Å². The van der Waals surface area contributed by atoms with Crippen LogP contribution in [0.3, 0.4) is 0 Å². The van der Waals surface area contributed by atoms with Gasteiger partial charge in [-0.25, -0.2) is 33.8 Å². The molecule has 0 aliphatic carbocycles. The quantitative estimate of drug-likeness (QED) is 0.0585. The van der Waals surface area contributed by atoms with E-state index in [4.69, 9.17) is 19.7 Å². The number of carboxylic acid groups (broad SMARTS) is 1. The fourth-order valence-electron chi connectivity index (χ4n) is 10.0. The van der Waals surface area contributed by atoms with Crippen molar-refractivity contribution >= 4 is 55.0 Å². The van der Waals surface area contributed by atoms with Crippen molar-refractivity contribution in [3.8, 4) is 40.0 Å². The van der Waals surface area contributed by atoms with Crippen LogP contribution < -0.4 is 16.4 Å². The molecule has 2 saturated heterocycles. The van der Waals surface area contributed by atoms with Crippen LogP contribution in [0.25, 0.3) is 40.0 Å². The molecule has 0 radical (unpaired) electrons. The second-order valence-corrected chi connectivity index (χ2v) is 22.2. The van der Waals surface area contributed by atoms with Crippen LogP contribution in [-0.4, -0.2) is 156 Å². The highest BCUT2D eigenvalue weighted by atomic mass is 128. The molecule has 95 heavy (non-hydrogen) atoms. The summed E-state index contributed by atoms with van der Waals surface area (Å²) in [5, 5.41) is 55.2. The van der Waals surface area contributed by atoms with Crippen LogP contribution in [0.2, 0.25) is 0 Å². The molecule has 2 amide bonds. The fourth-order valence-corrected chi connectivity index (χ4v) is 10.0. The third-order valence-electron chi connectivity index (χ3n) is 15.6. The van der Waals surface area contributed by atoms with Crippen molar-refractivity contribution in [3.63, 3.8) is 0 Å². The van der Waals surface area contributed by atoms with Gasteiger partial charge in [0.1, 0.15) is 11.4 Å². The Labute approximate surface area is 578 Å². The number of ether oxygens (including phenoxy) is 2. The topological polar surface area (TPSA) is 308 Å². The molecule has 2 aromatic carbocycles. The molecular formula is C69H86I2N16O8. The minimum atomic E-state index is -1.02. The van der Waals surface area contributed by atoms with Crippen molar-refractivity contribution in [2.75, 3.05) is 40.5 Å². The highest BCUT2D eigenvalue weighted by Gasteiger charge is 2.27. The molecule has 0 saturated carbocycles. The zero-order valence-electron chi connectivity index (χ0n) is 55.6. The van der Waals surface area contributed by atoms with Gasteiger partial charge < -0.3 is 41.2 Å². The zero-order chi connectivity index (χ0) is 69.1. The Bertz CT molecular complexity index is 3960. The van der Waals surface area contributed by atoms with E-state index in [9.17, 15) is 19.5 Å². The Kier molecular flexibility index (Phi) is 30.4. The predicted molar refractivity (Wildman–Crippen MR) is 384 cm³/mol. The number of aliphatic hydroxyl groups is 2. The number of aromatic carboxylic acids is 1. The van der Waals surface area contributed by atoms with Crippen LogP contribution in [0, 0.1) is 33.6 Å². The normalized spacial score (nSPS) is 15.3. The largest absolute Gasteiger partial charge is 0.477 e. The lowest BCUT2D eigenvalue weighted by Gasteiger charge is -2.28. The molecule has 26 heteroatoms. The van der Waals surface area contributed by atoms with Crippen molar-refractivity contribution in [2.24, 2.45) is 25.7 Å². The first-order valence-electron chi connectivity index (χ1n) is 31.0. The maximum absolute atomic E-state index is 13.1. The number of nitrogens with two attached hydrogens (primary N) is 1. The van der Waals surface area contributed by atoms with E-state index >= 15 is 0 Å². The molecule has 8 aromatic heterocycles. The number of benzene rings is 2. The minimum Gasteiger partial charge on any atom is -0.477 e. The SMILES string of the molecule is CCc1cc(C(=O)NC)nc(-n2cccn2)c1C.CCc1cc(C(=O)O)nc(-n2cccn2)c1C.CN.C[C@H]1CCOC[C@@H]1O.Cc1c(Cc2ccc(-c3ccn(C)n3)cc2)cc(C(=O)N[C@H]2CCOC[C@@H]2O)nc1-n1cccn1.Cc1ccc(-c2ccn(C)n2)cc1.II. The van der Waals surface area contributed by atoms with Gasteiger partial charge in [-0.2, -0.15) is 25.5 Å². The Balaban J connectivity index is 0.000000202. The number of hydrogen-bond donors (Lipinski definition) is 6. The van der Waals surface area contributed by atoms with E-state index in [1.54, 1.807) is 62.7 Å². The molecule has 0 spiro atoms. The van der Waals surface area contributed by atoms with E-state index in [0.29, 0.717) is 60.8 Å². The number of carbonyl (C=O) groups is 3. The van der Waals surface area contributed by atoms with Gasteiger partial charge in [0.05, 0.1) is 42.9 Å². The van der Waals surface area contributed by atoms with Gasteiger partial charge in [0, 0.05) is 132 Å². The Morgan fingerprint density at radius 3 is 1.40 bits per heavy atom. The summed E-state index contributed by atoms with van der Waals surface area (Å²) in [6.45, 7) is 16.2. The zero-order valence-corrected chi connectivity index (χ0v) is 59.9. The summed E-state index contributed by atoms with van der Waals surface area (Å²) >= 11 is 4.24. The second-order valence-electron chi connectivity index (χ2n) is 22.2. The van der Waals surface area contributed by atoms with Crippen LogP contribution in [0.4, 0.5) is 0 Å². The van der Waals surface area contributed by atoms with Crippen LogP contribution in [-0.2, 0) is 42.8 Å². The van der Waals surface area contributed by atoms with Crippen molar-refractivity contribution in [1.29, 1.82) is 0 Å². The maximum Gasteiger partial charge on any atom is 0.354 e. The van der Waals surface area contributed by atoms with Gasteiger partial charge in [-0.15, -0.1) is 0 Å². The van der Waals surface area contributed by atoms with Gasteiger partial charge in [0.25, 0.3) is 11.8 Å². The molecule has 2 aliphatic heterocycles. The van der Waals surface area contributed by atoms with Crippen molar-refractivity contribution in [2.45, 2.75) is 98.8 Å². The van der Waals surface area contributed by atoms with Crippen molar-refractivity contribution in [3.05, 3.63) is 208 Å². The smallest absolute Gasteiger partial charge is 0.354 e. The first kappa shape index (κ1) is 75.6. The van der Waals surface area contributed by atoms with Crippen molar-refractivity contribution < 1.29 is 39.2 Å². The monoisotopic (exact) mass is 1520 g/mol. The minimum absolute atomic E-state index is 0.0537. The number of pyridine rings is 3.